The Labute approximate surface area is 76.9 Å². The first-order chi connectivity index (χ1) is 5.66. The van der Waals surface area contributed by atoms with Gasteiger partial charge in [-0.3, -0.25) is 9.78 Å². The van der Waals surface area contributed by atoms with E-state index >= 15 is 0 Å². The summed E-state index contributed by atoms with van der Waals surface area (Å²) in [6.45, 7) is 1.08. The first-order valence-electron chi connectivity index (χ1n) is 3.37. The van der Waals surface area contributed by atoms with Crippen LogP contribution in [0.25, 0.3) is 0 Å². The molecule has 12 heavy (non-hydrogen) atoms. The third-order valence-electron chi connectivity index (χ3n) is 0.888. The van der Waals surface area contributed by atoms with Crippen LogP contribution < -0.4 is 0 Å². The van der Waals surface area contributed by atoms with E-state index < -0.39 is 5.97 Å². The van der Waals surface area contributed by atoms with Gasteiger partial charge in [-0.25, -0.2) is 0 Å². The highest BCUT2D eigenvalue weighted by molar-refractivity contribution is 7.79. The summed E-state index contributed by atoms with van der Waals surface area (Å²) in [6, 6.07) is 5.80. The van der Waals surface area contributed by atoms with Crippen molar-refractivity contribution in [2.24, 2.45) is 0 Å². The molecule has 1 aromatic heterocycles. The molecule has 1 heterocycles. The number of carbonyl (C=O) groups is 1. The molecule has 0 bridgehead atoms. The van der Waals surface area contributed by atoms with Crippen LogP contribution in [-0.2, 0) is 10.5 Å². The standard InChI is InChI=1S/C6H7NS.C2H4O2/c8-5-6-3-1-2-4-7-6;1-2(3)4/h1-4,8H,5H2;1H3,(H,3,4). The van der Waals surface area contributed by atoms with Crippen molar-refractivity contribution in [2.75, 3.05) is 0 Å². The van der Waals surface area contributed by atoms with Crippen LogP contribution in [0.2, 0.25) is 0 Å². The second-order valence-corrected chi connectivity index (χ2v) is 2.31. The van der Waals surface area contributed by atoms with Crippen molar-refractivity contribution in [1.29, 1.82) is 0 Å². The zero-order valence-corrected chi connectivity index (χ0v) is 7.66. The molecule has 0 fully saturated rings. The third kappa shape index (κ3) is 7.08. The van der Waals surface area contributed by atoms with Crippen molar-refractivity contribution in [2.45, 2.75) is 12.7 Å². The summed E-state index contributed by atoms with van der Waals surface area (Å²) >= 11 is 4.05. The van der Waals surface area contributed by atoms with Crippen molar-refractivity contribution in [3.8, 4) is 0 Å². The van der Waals surface area contributed by atoms with Crippen LogP contribution >= 0.6 is 12.6 Å². The fourth-order valence-corrected chi connectivity index (χ4v) is 0.679. The molecule has 0 aliphatic heterocycles. The summed E-state index contributed by atoms with van der Waals surface area (Å²) in [4.78, 5) is 13.0. The number of aromatic nitrogens is 1. The largest absolute Gasteiger partial charge is 0.481 e. The minimum atomic E-state index is -0.833. The van der Waals surface area contributed by atoms with E-state index in [0.29, 0.717) is 0 Å². The maximum absolute atomic E-state index is 9.00. The normalized spacial score (nSPS) is 8.17. The molecule has 0 aliphatic rings. The second-order valence-electron chi connectivity index (χ2n) is 2.00. The minimum Gasteiger partial charge on any atom is -0.481 e. The summed E-state index contributed by atoms with van der Waals surface area (Å²) in [5.74, 6) is -0.110. The van der Waals surface area contributed by atoms with Gasteiger partial charge in [0.05, 0.1) is 0 Å². The Balaban J connectivity index is 0.000000261. The summed E-state index contributed by atoms with van der Waals surface area (Å²) < 4.78 is 0. The van der Waals surface area contributed by atoms with Crippen LogP contribution in [0.4, 0.5) is 0 Å². The molecule has 0 spiro atoms. The Morgan fingerprint density at radius 1 is 1.67 bits per heavy atom. The van der Waals surface area contributed by atoms with E-state index in [1.165, 1.54) is 0 Å². The zero-order valence-electron chi connectivity index (χ0n) is 6.77. The molecule has 1 rings (SSSR count). The Morgan fingerprint density at radius 3 is 2.50 bits per heavy atom. The van der Waals surface area contributed by atoms with Crippen molar-refractivity contribution in [3.63, 3.8) is 0 Å². The van der Waals surface area contributed by atoms with Gasteiger partial charge in [-0.15, -0.1) is 0 Å². The van der Waals surface area contributed by atoms with Gasteiger partial charge >= 0.3 is 0 Å². The predicted octanol–water partition coefficient (Wildman–Crippen LogP) is 1.60. The smallest absolute Gasteiger partial charge is 0.300 e. The van der Waals surface area contributed by atoms with E-state index in [4.69, 9.17) is 9.90 Å². The molecule has 0 radical (unpaired) electrons. The van der Waals surface area contributed by atoms with Gasteiger partial charge in [0.25, 0.3) is 5.97 Å². The SMILES string of the molecule is CC(=O)O.SCc1ccccn1. The highest BCUT2D eigenvalue weighted by atomic mass is 32.1. The lowest BCUT2D eigenvalue weighted by Gasteiger charge is -1.88. The number of nitrogens with zero attached hydrogens (tertiary/aromatic N) is 1. The van der Waals surface area contributed by atoms with E-state index in [2.05, 4.69) is 17.6 Å². The predicted molar refractivity (Wildman–Crippen MR) is 50.2 cm³/mol. The lowest BCUT2D eigenvalue weighted by atomic mass is 10.4. The van der Waals surface area contributed by atoms with Gasteiger partial charge in [-0.1, -0.05) is 6.07 Å². The maximum atomic E-state index is 9.00. The van der Waals surface area contributed by atoms with Crippen LogP contribution in [-0.4, -0.2) is 16.1 Å². The highest BCUT2D eigenvalue weighted by Gasteiger charge is 1.82. The molecule has 0 atom stereocenters. The van der Waals surface area contributed by atoms with Gasteiger partial charge in [0, 0.05) is 24.6 Å². The number of hydrogen-bond acceptors (Lipinski definition) is 3. The van der Waals surface area contributed by atoms with E-state index in [9.17, 15) is 0 Å². The molecule has 0 aliphatic carbocycles. The number of hydrogen-bond donors (Lipinski definition) is 2. The number of rotatable bonds is 1. The van der Waals surface area contributed by atoms with Crippen LogP contribution in [0, 0.1) is 0 Å². The average Bonchev–Trinajstić information content (AvgIpc) is 2.05. The highest BCUT2D eigenvalue weighted by Crippen LogP contribution is 1.95. The Kier molecular flexibility index (Phi) is 6.09. The van der Waals surface area contributed by atoms with E-state index in [-0.39, 0.29) is 0 Å². The second kappa shape index (κ2) is 6.67. The third-order valence-corrected chi connectivity index (χ3v) is 1.21. The summed E-state index contributed by atoms with van der Waals surface area (Å²) in [6.07, 6.45) is 1.77. The quantitative estimate of drug-likeness (QED) is 0.653. The Hall–Kier alpha value is -1.03. The summed E-state index contributed by atoms with van der Waals surface area (Å²) in [5.41, 5.74) is 1.02. The van der Waals surface area contributed by atoms with Gasteiger partial charge in [0.15, 0.2) is 0 Å². The summed E-state index contributed by atoms with van der Waals surface area (Å²) in [7, 11) is 0. The van der Waals surface area contributed by atoms with Gasteiger partial charge in [-0.2, -0.15) is 12.6 Å². The zero-order chi connectivity index (χ0) is 9.40. The van der Waals surface area contributed by atoms with Crippen molar-refractivity contribution < 1.29 is 9.90 Å². The molecular weight excluding hydrogens is 174 g/mol. The van der Waals surface area contributed by atoms with Crippen LogP contribution in [0.3, 0.4) is 0 Å². The fourth-order valence-electron chi connectivity index (χ4n) is 0.492. The first-order valence-corrected chi connectivity index (χ1v) is 4.00. The molecule has 66 valence electrons. The molecule has 4 heteroatoms. The number of carboxylic acid groups (broad SMARTS) is 1. The van der Waals surface area contributed by atoms with Crippen molar-refractivity contribution in [1.82, 2.24) is 4.98 Å². The molecule has 3 nitrogen and oxygen atoms in total. The monoisotopic (exact) mass is 185 g/mol. The van der Waals surface area contributed by atoms with E-state index in [1.54, 1.807) is 6.20 Å². The van der Waals surface area contributed by atoms with Crippen LogP contribution in [0.15, 0.2) is 24.4 Å². The topological polar surface area (TPSA) is 50.2 Å². The van der Waals surface area contributed by atoms with E-state index in [0.717, 1.165) is 18.4 Å². The van der Waals surface area contributed by atoms with Crippen LogP contribution in [0.5, 0.6) is 0 Å². The van der Waals surface area contributed by atoms with Crippen LogP contribution in [0.1, 0.15) is 12.6 Å². The Bertz CT molecular complexity index is 222. The number of aliphatic carboxylic acids is 1. The van der Waals surface area contributed by atoms with Gasteiger partial charge in [0.1, 0.15) is 0 Å². The number of carboxylic acids is 1. The molecule has 0 aromatic carbocycles. The lowest BCUT2D eigenvalue weighted by Crippen LogP contribution is -1.79. The fraction of sp³-hybridized carbons (Fsp3) is 0.250. The molecule has 0 saturated carbocycles. The number of thiol groups is 1. The van der Waals surface area contributed by atoms with Gasteiger partial charge in [0.2, 0.25) is 0 Å². The Morgan fingerprint density at radius 2 is 2.25 bits per heavy atom. The molecule has 0 saturated heterocycles. The maximum Gasteiger partial charge on any atom is 0.300 e. The number of pyridine rings is 1. The molecule has 0 amide bonds. The van der Waals surface area contributed by atoms with E-state index in [1.807, 2.05) is 18.2 Å². The van der Waals surface area contributed by atoms with Crippen molar-refractivity contribution in [3.05, 3.63) is 30.1 Å². The summed E-state index contributed by atoms with van der Waals surface area (Å²) in [5, 5.41) is 7.42. The molecule has 1 aromatic rings. The molecular formula is C8H11NO2S. The first kappa shape index (κ1) is 11.0. The average molecular weight is 185 g/mol. The van der Waals surface area contributed by atoms with Gasteiger partial charge < -0.3 is 5.11 Å². The van der Waals surface area contributed by atoms with Gasteiger partial charge in [-0.05, 0) is 12.1 Å². The minimum absolute atomic E-state index is 0.723. The van der Waals surface area contributed by atoms with Crippen molar-refractivity contribution >= 4 is 18.6 Å². The molecule has 1 N–H and O–H groups in total. The molecule has 0 unspecified atom stereocenters. The lowest BCUT2D eigenvalue weighted by molar-refractivity contribution is -0.134.